The highest BCUT2D eigenvalue weighted by Gasteiger charge is 2.22. The maximum absolute atomic E-state index is 3.70. The molecule has 0 aromatic carbocycles. The third kappa shape index (κ3) is 2.57. The van der Waals surface area contributed by atoms with E-state index in [9.17, 15) is 0 Å². The first kappa shape index (κ1) is 9.72. The van der Waals surface area contributed by atoms with Crippen LogP contribution in [0.5, 0.6) is 0 Å². The van der Waals surface area contributed by atoms with Gasteiger partial charge in [0.1, 0.15) is 0 Å². The topological polar surface area (TPSA) is 0 Å². The molecule has 0 spiro atoms. The molecule has 0 nitrogen and oxygen atoms in total. The van der Waals surface area contributed by atoms with Crippen molar-refractivity contribution in [2.24, 2.45) is 5.92 Å². The molecule has 1 aromatic heterocycles. The summed E-state index contributed by atoms with van der Waals surface area (Å²) in [5, 5.41) is 2.32. The van der Waals surface area contributed by atoms with Gasteiger partial charge in [-0.3, -0.25) is 0 Å². The second kappa shape index (κ2) is 4.14. The molecule has 2 atom stereocenters. The summed E-state index contributed by atoms with van der Waals surface area (Å²) in [6.07, 6.45) is 5.44. The minimum absolute atomic E-state index is 0.789. The Morgan fingerprint density at radius 1 is 1.54 bits per heavy atom. The molecule has 0 saturated heterocycles. The predicted octanol–water partition coefficient (Wildman–Crippen LogP) is 4.16. The van der Waals surface area contributed by atoms with Crippen LogP contribution in [-0.2, 0) is 6.42 Å². The molecule has 0 amide bonds. The third-order valence-electron chi connectivity index (χ3n) is 2.79. The van der Waals surface area contributed by atoms with Crippen molar-refractivity contribution in [3.8, 4) is 0 Å². The smallest absolute Gasteiger partial charge is 0.0148 e. The van der Waals surface area contributed by atoms with E-state index in [-0.39, 0.29) is 0 Å². The van der Waals surface area contributed by atoms with Gasteiger partial charge in [-0.1, -0.05) is 15.9 Å². The molecule has 1 heterocycles. The van der Waals surface area contributed by atoms with Gasteiger partial charge in [-0.05, 0) is 55.5 Å². The van der Waals surface area contributed by atoms with Crippen molar-refractivity contribution in [1.29, 1.82) is 0 Å². The molecule has 1 aliphatic rings. The average molecular weight is 259 g/mol. The Balaban J connectivity index is 1.91. The maximum Gasteiger partial charge on any atom is 0.0148 e. The lowest BCUT2D eigenvalue weighted by molar-refractivity contribution is 0.549. The van der Waals surface area contributed by atoms with Crippen LogP contribution in [0.2, 0.25) is 0 Å². The lowest BCUT2D eigenvalue weighted by atomic mass is 10.00. The molecule has 0 aliphatic heterocycles. The number of thiophene rings is 1. The quantitative estimate of drug-likeness (QED) is 0.699. The minimum atomic E-state index is 0.789. The van der Waals surface area contributed by atoms with Crippen molar-refractivity contribution in [1.82, 2.24) is 0 Å². The molecular formula is C11H15BrS. The zero-order valence-electron chi connectivity index (χ0n) is 7.92. The van der Waals surface area contributed by atoms with Crippen LogP contribution in [0.1, 0.15) is 29.7 Å². The summed E-state index contributed by atoms with van der Waals surface area (Å²) >= 11 is 5.58. The first-order chi connectivity index (χ1) is 6.24. The first-order valence-electron chi connectivity index (χ1n) is 4.92. The molecule has 1 aromatic rings. The van der Waals surface area contributed by atoms with Crippen LogP contribution in [0, 0.1) is 12.8 Å². The Morgan fingerprint density at radius 3 is 2.92 bits per heavy atom. The fraction of sp³-hybridized carbons (Fsp3) is 0.636. The molecule has 72 valence electrons. The van der Waals surface area contributed by atoms with Gasteiger partial charge in [0.05, 0.1) is 0 Å². The SMILES string of the molecule is Cc1cc(CC2CCC(Br)C2)cs1. The average Bonchev–Trinajstić information content (AvgIpc) is 2.62. The van der Waals surface area contributed by atoms with Crippen LogP contribution < -0.4 is 0 Å². The molecule has 13 heavy (non-hydrogen) atoms. The summed E-state index contributed by atoms with van der Waals surface area (Å²) in [5.74, 6) is 0.929. The number of hydrogen-bond donors (Lipinski definition) is 0. The van der Waals surface area contributed by atoms with E-state index in [0.717, 1.165) is 10.7 Å². The largest absolute Gasteiger partial charge is 0.149 e. The fourth-order valence-corrected chi connectivity index (χ4v) is 3.65. The lowest BCUT2D eigenvalue weighted by Gasteiger charge is -2.06. The van der Waals surface area contributed by atoms with E-state index in [1.54, 1.807) is 5.56 Å². The zero-order chi connectivity index (χ0) is 9.26. The van der Waals surface area contributed by atoms with Gasteiger partial charge in [-0.25, -0.2) is 0 Å². The number of alkyl halides is 1. The highest BCUT2D eigenvalue weighted by molar-refractivity contribution is 9.09. The van der Waals surface area contributed by atoms with Crippen LogP contribution in [0.15, 0.2) is 11.4 Å². The van der Waals surface area contributed by atoms with Crippen molar-refractivity contribution in [3.05, 3.63) is 21.9 Å². The van der Waals surface area contributed by atoms with Gasteiger partial charge in [-0.15, -0.1) is 11.3 Å². The van der Waals surface area contributed by atoms with Gasteiger partial charge in [0.2, 0.25) is 0 Å². The lowest BCUT2D eigenvalue weighted by Crippen LogP contribution is -1.98. The Hall–Kier alpha value is 0.180. The van der Waals surface area contributed by atoms with E-state index < -0.39 is 0 Å². The second-order valence-corrected chi connectivity index (χ2v) is 6.46. The molecular weight excluding hydrogens is 244 g/mol. The van der Waals surface area contributed by atoms with E-state index in [1.165, 1.54) is 30.6 Å². The van der Waals surface area contributed by atoms with Gasteiger partial charge in [0.15, 0.2) is 0 Å². The highest BCUT2D eigenvalue weighted by Crippen LogP contribution is 2.33. The maximum atomic E-state index is 3.70. The Morgan fingerprint density at radius 2 is 2.38 bits per heavy atom. The van der Waals surface area contributed by atoms with E-state index in [1.807, 2.05) is 11.3 Å². The fourth-order valence-electron chi connectivity index (χ4n) is 2.14. The Kier molecular flexibility index (Phi) is 3.10. The predicted molar refractivity (Wildman–Crippen MR) is 62.8 cm³/mol. The molecule has 2 unspecified atom stereocenters. The molecule has 0 bridgehead atoms. The van der Waals surface area contributed by atoms with Gasteiger partial charge >= 0.3 is 0 Å². The Bertz CT molecular complexity index is 279. The second-order valence-electron chi connectivity index (χ2n) is 4.05. The van der Waals surface area contributed by atoms with Crippen molar-refractivity contribution in [2.45, 2.75) is 37.4 Å². The zero-order valence-corrected chi connectivity index (χ0v) is 10.3. The van der Waals surface area contributed by atoms with Crippen LogP contribution in [0.3, 0.4) is 0 Å². The van der Waals surface area contributed by atoms with Crippen molar-refractivity contribution >= 4 is 27.3 Å². The van der Waals surface area contributed by atoms with E-state index in [2.05, 4.69) is 34.3 Å². The summed E-state index contributed by atoms with van der Waals surface area (Å²) in [6, 6.07) is 2.34. The highest BCUT2D eigenvalue weighted by atomic mass is 79.9. The van der Waals surface area contributed by atoms with E-state index in [0.29, 0.717) is 0 Å². The minimum Gasteiger partial charge on any atom is -0.149 e. The summed E-state index contributed by atoms with van der Waals surface area (Å²) in [5.41, 5.74) is 1.55. The van der Waals surface area contributed by atoms with Gasteiger partial charge in [0.25, 0.3) is 0 Å². The Labute approximate surface area is 92.5 Å². The molecule has 0 N–H and O–H groups in total. The van der Waals surface area contributed by atoms with Gasteiger partial charge < -0.3 is 0 Å². The molecule has 2 rings (SSSR count). The first-order valence-corrected chi connectivity index (χ1v) is 6.71. The van der Waals surface area contributed by atoms with Gasteiger partial charge in [0, 0.05) is 9.70 Å². The monoisotopic (exact) mass is 258 g/mol. The van der Waals surface area contributed by atoms with Crippen molar-refractivity contribution in [2.75, 3.05) is 0 Å². The molecule has 2 heteroatoms. The number of rotatable bonds is 2. The number of hydrogen-bond acceptors (Lipinski definition) is 1. The van der Waals surface area contributed by atoms with E-state index >= 15 is 0 Å². The van der Waals surface area contributed by atoms with Crippen LogP contribution in [0.25, 0.3) is 0 Å². The van der Waals surface area contributed by atoms with E-state index in [4.69, 9.17) is 0 Å². The summed E-state index contributed by atoms with van der Waals surface area (Å²) in [7, 11) is 0. The molecule has 0 radical (unpaired) electrons. The summed E-state index contributed by atoms with van der Waals surface area (Å²) < 4.78 is 0. The van der Waals surface area contributed by atoms with Crippen LogP contribution >= 0.6 is 27.3 Å². The third-order valence-corrected chi connectivity index (χ3v) is 4.53. The summed E-state index contributed by atoms with van der Waals surface area (Å²) in [4.78, 5) is 2.24. The number of aryl methyl sites for hydroxylation is 1. The van der Waals surface area contributed by atoms with Crippen LogP contribution in [-0.4, -0.2) is 4.83 Å². The number of halogens is 1. The molecule has 1 saturated carbocycles. The summed E-state index contributed by atoms with van der Waals surface area (Å²) in [6.45, 7) is 2.19. The normalized spacial score (nSPS) is 28.2. The van der Waals surface area contributed by atoms with Crippen molar-refractivity contribution < 1.29 is 0 Å². The molecule has 1 fully saturated rings. The van der Waals surface area contributed by atoms with Crippen molar-refractivity contribution in [3.63, 3.8) is 0 Å². The van der Waals surface area contributed by atoms with Crippen LogP contribution in [0.4, 0.5) is 0 Å². The standard InChI is InChI=1S/C11H15BrS/c1-8-4-10(7-13-8)5-9-2-3-11(12)6-9/h4,7,9,11H,2-3,5-6H2,1H3. The molecule has 1 aliphatic carbocycles. The van der Waals surface area contributed by atoms with Gasteiger partial charge in [-0.2, -0.15) is 0 Å².